The van der Waals surface area contributed by atoms with E-state index in [1.807, 2.05) is 13.8 Å². The van der Waals surface area contributed by atoms with Crippen LogP contribution in [0.2, 0.25) is 0 Å². The summed E-state index contributed by atoms with van der Waals surface area (Å²) in [6.45, 7) is 4.25. The van der Waals surface area contributed by atoms with Crippen molar-refractivity contribution in [3.63, 3.8) is 0 Å². The number of ether oxygens (including phenoxy) is 1. The van der Waals surface area contributed by atoms with Crippen molar-refractivity contribution in [2.45, 2.75) is 18.7 Å². The van der Waals surface area contributed by atoms with Gasteiger partial charge in [-0.3, -0.25) is 4.79 Å². The zero-order chi connectivity index (χ0) is 16.2. The van der Waals surface area contributed by atoms with E-state index in [1.165, 1.54) is 18.2 Å². The molecule has 1 aromatic rings. The van der Waals surface area contributed by atoms with Crippen LogP contribution in [0.25, 0.3) is 0 Å². The van der Waals surface area contributed by atoms with Gasteiger partial charge in [-0.05, 0) is 24.1 Å². The topological polar surface area (TPSA) is 125 Å². The lowest BCUT2D eigenvalue weighted by Gasteiger charge is -2.12. The molecule has 0 unspecified atom stereocenters. The molecule has 7 nitrogen and oxygen atoms in total. The van der Waals surface area contributed by atoms with Gasteiger partial charge in [-0.2, -0.15) is 4.99 Å². The molecule has 0 fully saturated rings. The molecule has 0 aliphatic carbocycles. The van der Waals surface area contributed by atoms with Gasteiger partial charge < -0.3 is 16.2 Å². The van der Waals surface area contributed by atoms with Gasteiger partial charge in [-0.1, -0.05) is 13.8 Å². The van der Waals surface area contributed by atoms with Crippen LogP contribution in [-0.2, 0) is 9.84 Å². The summed E-state index contributed by atoms with van der Waals surface area (Å²) in [5.74, 6) is -0.663. The van der Waals surface area contributed by atoms with E-state index in [0.717, 1.165) is 6.26 Å². The largest absolute Gasteiger partial charge is 0.492 e. The maximum Gasteiger partial charge on any atom is 0.280 e. The van der Waals surface area contributed by atoms with E-state index in [0.29, 0.717) is 6.61 Å². The number of hydrogen-bond donors (Lipinski definition) is 2. The van der Waals surface area contributed by atoms with Crippen LogP contribution in [0.15, 0.2) is 28.1 Å². The lowest BCUT2D eigenvalue weighted by molar-refractivity contribution is 0.100. The van der Waals surface area contributed by atoms with Gasteiger partial charge in [0.2, 0.25) is 0 Å². The number of nitrogens with two attached hydrogens (primary N) is 2. The average Bonchev–Trinajstić information content (AvgIpc) is 2.34. The molecule has 116 valence electrons. The second-order valence-electron chi connectivity index (χ2n) is 4.98. The number of amides is 1. The highest BCUT2D eigenvalue weighted by atomic mass is 32.2. The smallest absolute Gasteiger partial charge is 0.280 e. The first-order chi connectivity index (χ1) is 9.61. The van der Waals surface area contributed by atoms with Gasteiger partial charge in [0.25, 0.3) is 5.91 Å². The quantitative estimate of drug-likeness (QED) is 0.603. The van der Waals surface area contributed by atoms with E-state index in [9.17, 15) is 13.2 Å². The summed E-state index contributed by atoms with van der Waals surface area (Å²) in [5.41, 5.74) is 10.3. The van der Waals surface area contributed by atoms with Gasteiger partial charge in [0, 0.05) is 11.8 Å². The van der Waals surface area contributed by atoms with Crippen LogP contribution in [0.3, 0.4) is 0 Å². The summed E-state index contributed by atoms with van der Waals surface area (Å²) in [4.78, 5) is 15.0. The number of rotatable bonds is 5. The Bertz CT molecular complexity index is 662. The van der Waals surface area contributed by atoms with Gasteiger partial charge in [0.1, 0.15) is 10.6 Å². The van der Waals surface area contributed by atoms with Crippen LogP contribution in [0.1, 0.15) is 24.2 Å². The van der Waals surface area contributed by atoms with Crippen molar-refractivity contribution in [1.82, 2.24) is 0 Å². The fourth-order valence-corrected chi connectivity index (χ4v) is 2.32. The van der Waals surface area contributed by atoms with Crippen molar-refractivity contribution in [3.8, 4) is 5.75 Å². The molecular weight excluding hydrogens is 294 g/mol. The van der Waals surface area contributed by atoms with E-state index in [4.69, 9.17) is 16.2 Å². The number of aliphatic imine (C=N–C) groups is 1. The Morgan fingerprint density at radius 3 is 2.43 bits per heavy atom. The fraction of sp³-hybridized carbons (Fsp3) is 0.385. The highest BCUT2D eigenvalue weighted by Crippen LogP contribution is 2.26. The third-order valence-corrected chi connectivity index (χ3v) is 3.51. The van der Waals surface area contributed by atoms with E-state index in [1.54, 1.807) is 0 Å². The minimum atomic E-state index is -3.55. The monoisotopic (exact) mass is 313 g/mol. The Kier molecular flexibility index (Phi) is 5.31. The SMILES string of the molecule is CC(C)COc1ccc(C(=O)N=C(N)N)cc1S(C)(=O)=O. The molecule has 4 N–H and O–H groups in total. The molecule has 1 amide bonds. The number of sulfone groups is 1. The Hall–Kier alpha value is -2.09. The highest BCUT2D eigenvalue weighted by molar-refractivity contribution is 7.90. The zero-order valence-corrected chi connectivity index (χ0v) is 13.0. The van der Waals surface area contributed by atoms with Crippen LogP contribution in [-0.4, -0.2) is 33.1 Å². The van der Waals surface area contributed by atoms with Crippen molar-refractivity contribution in [3.05, 3.63) is 23.8 Å². The van der Waals surface area contributed by atoms with Gasteiger partial charge >= 0.3 is 0 Å². The Balaban J connectivity index is 3.26. The summed E-state index contributed by atoms with van der Waals surface area (Å²) in [6, 6.07) is 4.05. The fourth-order valence-electron chi connectivity index (χ4n) is 1.49. The molecule has 0 heterocycles. The summed E-state index contributed by atoms with van der Waals surface area (Å²) in [7, 11) is -3.55. The van der Waals surface area contributed by atoms with Gasteiger partial charge in [0.15, 0.2) is 15.8 Å². The molecule has 0 aliphatic rings. The molecule has 21 heavy (non-hydrogen) atoms. The van der Waals surface area contributed by atoms with Crippen molar-refractivity contribution in [2.75, 3.05) is 12.9 Å². The van der Waals surface area contributed by atoms with Crippen LogP contribution < -0.4 is 16.2 Å². The number of carbonyl (C=O) groups excluding carboxylic acids is 1. The van der Waals surface area contributed by atoms with Crippen LogP contribution in [0.4, 0.5) is 0 Å². The van der Waals surface area contributed by atoms with Crippen LogP contribution in [0.5, 0.6) is 5.75 Å². The van der Waals surface area contributed by atoms with Gasteiger partial charge in [0.05, 0.1) is 6.61 Å². The van der Waals surface area contributed by atoms with Gasteiger partial charge in [-0.15, -0.1) is 0 Å². The maximum absolute atomic E-state index is 11.8. The third kappa shape index (κ3) is 5.07. The first-order valence-corrected chi connectivity index (χ1v) is 8.11. The van der Waals surface area contributed by atoms with Crippen LogP contribution in [0, 0.1) is 5.92 Å². The van der Waals surface area contributed by atoms with Crippen molar-refractivity contribution < 1.29 is 17.9 Å². The van der Waals surface area contributed by atoms with E-state index in [-0.39, 0.29) is 28.1 Å². The molecule has 0 radical (unpaired) electrons. The molecular formula is C13H19N3O4S. The van der Waals surface area contributed by atoms with Crippen molar-refractivity contribution in [1.29, 1.82) is 0 Å². The molecule has 0 atom stereocenters. The Labute approximate surface area is 123 Å². The van der Waals surface area contributed by atoms with Crippen molar-refractivity contribution >= 4 is 21.7 Å². The summed E-state index contributed by atoms with van der Waals surface area (Å²) in [5, 5.41) is 0. The summed E-state index contributed by atoms with van der Waals surface area (Å²) in [6.07, 6.45) is 1.04. The number of benzene rings is 1. The van der Waals surface area contributed by atoms with Gasteiger partial charge in [-0.25, -0.2) is 8.42 Å². The molecule has 0 saturated heterocycles. The highest BCUT2D eigenvalue weighted by Gasteiger charge is 2.18. The Morgan fingerprint density at radius 2 is 1.95 bits per heavy atom. The predicted octanol–water partition coefficient (Wildman–Crippen LogP) is 0.539. The molecule has 8 heteroatoms. The lowest BCUT2D eigenvalue weighted by atomic mass is 10.2. The number of carbonyl (C=O) groups is 1. The summed E-state index contributed by atoms with van der Waals surface area (Å²) >= 11 is 0. The minimum absolute atomic E-state index is 0.0696. The Morgan fingerprint density at radius 1 is 1.33 bits per heavy atom. The number of guanidine groups is 1. The summed E-state index contributed by atoms with van der Waals surface area (Å²) < 4.78 is 29.1. The molecule has 0 saturated carbocycles. The van der Waals surface area contributed by atoms with E-state index >= 15 is 0 Å². The van der Waals surface area contributed by atoms with Crippen molar-refractivity contribution in [2.24, 2.45) is 22.4 Å². The molecule has 0 aliphatic heterocycles. The van der Waals surface area contributed by atoms with E-state index in [2.05, 4.69) is 4.99 Å². The zero-order valence-electron chi connectivity index (χ0n) is 12.2. The minimum Gasteiger partial charge on any atom is -0.492 e. The molecule has 0 aromatic heterocycles. The average molecular weight is 313 g/mol. The lowest BCUT2D eigenvalue weighted by Crippen LogP contribution is -2.24. The molecule has 1 rings (SSSR count). The third-order valence-electron chi connectivity index (χ3n) is 2.39. The molecule has 1 aromatic carbocycles. The standard InChI is InChI=1S/C13H19N3O4S/c1-8(2)7-20-10-5-4-9(12(17)16-13(14)15)6-11(10)21(3,18)19/h4-6,8H,7H2,1-3H3,(H4,14,15,16,17). The molecule has 0 bridgehead atoms. The second kappa shape index (κ2) is 6.57. The number of hydrogen-bond acceptors (Lipinski definition) is 4. The van der Waals surface area contributed by atoms with Crippen LogP contribution >= 0.6 is 0 Å². The second-order valence-corrected chi connectivity index (χ2v) is 6.96. The van der Waals surface area contributed by atoms with E-state index < -0.39 is 15.7 Å². The first-order valence-electron chi connectivity index (χ1n) is 6.22. The molecule has 0 spiro atoms. The number of nitrogens with zero attached hydrogens (tertiary/aromatic N) is 1. The predicted molar refractivity (Wildman–Crippen MR) is 80.0 cm³/mol. The normalized spacial score (nSPS) is 11.2. The maximum atomic E-state index is 11.8. The first kappa shape index (κ1) is 17.0.